The summed E-state index contributed by atoms with van der Waals surface area (Å²) < 4.78 is 32.5. The van der Waals surface area contributed by atoms with Crippen LogP contribution >= 0.6 is 0 Å². The summed E-state index contributed by atoms with van der Waals surface area (Å²) in [7, 11) is -3.85. The number of sulfonamides is 1. The van der Waals surface area contributed by atoms with Gasteiger partial charge in [0.25, 0.3) is 10.0 Å². The van der Waals surface area contributed by atoms with Gasteiger partial charge in [0.15, 0.2) is 0 Å². The fourth-order valence-electron chi connectivity index (χ4n) is 2.93. The molecule has 0 unspecified atom stereocenters. The van der Waals surface area contributed by atoms with Crippen LogP contribution in [0.1, 0.15) is 24.5 Å². The SMILES string of the molecule is CCOC(=O)[C@@H]1CC(c2ccccc2)=CN1S(=O)(=O)c1ccc(C)cc1. The van der Waals surface area contributed by atoms with Crippen LogP contribution in [0, 0.1) is 6.92 Å². The van der Waals surface area contributed by atoms with Crippen LogP contribution in [0.2, 0.25) is 0 Å². The highest BCUT2D eigenvalue weighted by molar-refractivity contribution is 7.89. The van der Waals surface area contributed by atoms with E-state index in [2.05, 4.69) is 0 Å². The van der Waals surface area contributed by atoms with Crippen LogP contribution in [0.15, 0.2) is 65.7 Å². The Hall–Kier alpha value is -2.60. The molecule has 0 bridgehead atoms. The van der Waals surface area contributed by atoms with Crippen molar-refractivity contribution in [1.82, 2.24) is 4.31 Å². The Balaban J connectivity index is 2.02. The molecule has 0 aliphatic carbocycles. The molecule has 136 valence electrons. The van der Waals surface area contributed by atoms with Gasteiger partial charge in [-0.25, -0.2) is 13.2 Å². The zero-order chi connectivity index (χ0) is 18.7. The molecule has 0 saturated carbocycles. The molecule has 26 heavy (non-hydrogen) atoms. The zero-order valence-electron chi connectivity index (χ0n) is 14.8. The molecule has 1 atom stereocenters. The molecule has 0 fully saturated rings. The number of hydrogen-bond donors (Lipinski definition) is 0. The van der Waals surface area contributed by atoms with E-state index >= 15 is 0 Å². The third kappa shape index (κ3) is 3.51. The van der Waals surface area contributed by atoms with Gasteiger partial charge < -0.3 is 4.74 Å². The van der Waals surface area contributed by atoms with Crippen molar-refractivity contribution in [2.24, 2.45) is 0 Å². The molecule has 2 aromatic carbocycles. The van der Waals surface area contributed by atoms with Gasteiger partial charge >= 0.3 is 5.97 Å². The van der Waals surface area contributed by atoms with E-state index in [0.29, 0.717) is 0 Å². The van der Waals surface area contributed by atoms with Gasteiger partial charge in [0.1, 0.15) is 6.04 Å². The lowest BCUT2D eigenvalue weighted by molar-refractivity contribution is -0.146. The molecule has 0 radical (unpaired) electrons. The van der Waals surface area contributed by atoms with Gasteiger partial charge in [-0.05, 0) is 37.1 Å². The Morgan fingerprint density at radius 1 is 1.12 bits per heavy atom. The molecule has 1 aliphatic heterocycles. The van der Waals surface area contributed by atoms with Crippen molar-refractivity contribution in [3.05, 3.63) is 71.9 Å². The molecule has 0 saturated heterocycles. The molecule has 6 heteroatoms. The van der Waals surface area contributed by atoms with E-state index in [9.17, 15) is 13.2 Å². The van der Waals surface area contributed by atoms with E-state index in [1.54, 1.807) is 37.4 Å². The van der Waals surface area contributed by atoms with E-state index in [1.165, 1.54) is 0 Å². The van der Waals surface area contributed by atoms with Gasteiger partial charge in [0.05, 0.1) is 11.5 Å². The second kappa shape index (κ2) is 7.33. The molecule has 3 rings (SSSR count). The van der Waals surface area contributed by atoms with E-state index in [0.717, 1.165) is 21.0 Å². The topological polar surface area (TPSA) is 63.7 Å². The highest BCUT2D eigenvalue weighted by atomic mass is 32.2. The summed E-state index contributed by atoms with van der Waals surface area (Å²) in [5, 5.41) is 0. The number of esters is 1. The summed E-state index contributed by atoms with van der Waals surface area (Å²) in [6.45, 7) is 3.80. The molecular weight excluding hydrogens is 350 g/mol. The molecule has 1 heterocycles. The average Bonchev–Trinajstić information content (AvgIpc) is 3.09. The quantitative estimate of drug-likeness (QED) is 0.756. The lowest BCUT2D eigenvalue weighted by Crippen LogP contribution is -2.39. The van der Waals surface area contributed by atoms with Crippen molar-refractivity contribution in [2.45, 2.75) is 31.2 Å². The van der Waals surface area contributed by atoms with E-state index in [1.807, 2.05) is 37.3 Å². The number of carbonyl (C=O) groups excluding carboxylic acids is 1. The van der Waals surface area contributed by atoms with Crippen LogP contribution in [0.5, 0.6) is 0 Å². The monoisotopic (exact) mass is 371 g/mol. The Labute approximate surface area is 154 Å². The molecule has 5 nitrogen and oxygen atoms in total. The van der Waals surface area contributed by atoms with Crippen molar-refractivity contribution < 1.29 is 17.9 Å². The first kappa shape index (κ1) is 18.2. The Kier molecular flexibility index (Phi) is 5.13. The van der Waals surface area contributed by atoms with Crippen LogP contribution < -0.4 is 0 Å². The van der Waals surface area contributed by atoms with Gasteiger partial charge in [-0.1, -0.05) is 48.0 Å². The maximum absolute atomic E-state index is 13.1. The lowest BCUT2D eigenvalue weighted by Gasteiger charge is -2.23. The third-order valence-corrected chi connectivity index (χ3v) is 6.09. The number of hydrogen-bond acceptors (Lipinski definition) is 4. The van der Waals surface area contributed by atoms with Crippen LogP contribution in [0.25, 0.3) is 5.57 Å². The maximum Gasteiger partial charge on any atom is 0.330 e. The predicted octanol–water partition coefficient (Wildman–Crippen LogP) is 3.36. The van der Waals surface area contributed by atoms with Crippen molar-refractivity contribution in [1.29, 1.82) is 0 Å². The van der Waals surface area contributed by atoms with Crippen LogP contribution in [-0.4, -0.2) is 31.3 Å². The number of rotatable bonds is 5. The van der Waals surface area contributed by atoms with Crippen LogP contribution in [0.4, 0.5) is 0 Å². The number of aryl methyl sites for hydroxylation is 1. The van der Waals surface area contributed by atoms with Gasteiger partial charge in [-0.3, -0.25) is 4.31 Å². The molecular formula is C20H21NO4S. The van der Waals surface area contributed by atoms with Gasteiger partial charge in [0.2, 0.25) is 0 Å². The largest absolute Gasteiger partial charge is 0.464 e. The van der Waals surface area contributed by atoms with Crippen molar-refractivity contribution in [2.75, 3.05) is 6.61 Å². The van der Waals surface area contributed by atoms with Gasteiger partial charge in [-0.2, -0.15) is 0 Å². The Morgan fingerprint density at radius 2 is 1.77 bits per heavy atom. The number of nitrogens with zero attached hydrogens (tertiary/aromatic N) is 1. The highest BCUT2D eigenvalue weighted by Gasteiger charge is 2.39. The Morgan fingerprint density at radius 3 is 2.38 bits per heavy atom. The molecule has 1 aliphatic rings. The number of carbonyl (C=O) groups is 1. The first-order valence-corrected chi connectivity index (χ1v) is 9.90. The first-order valence-electron chi connectivity index (χ1n) is 8.46. The first-order chi connectivity index (χ1) is 12.4. The van der Waals surface area contributed by atoms with Crippen molar-refractivity contribution >= 4 is 21.6 Å². The summed E-state index contributed by atoms with van der Waals surface area (Å²) in [5.74, 6) is -0.537. The molecule has 0 amide bonds. The summed E-state index contributed by atoms with van der Waals surface area (Å²) in [4.78, 5) is 12.6. The standard InChI is InChI=1S/C20H21NO4S/c1-3-25-20(22)19-13-17(16-7-5-4-6-8-16)14-21(19)26(23,24)18-11-9-15(2)10-12-18/h4-12,14,19H,3,13H2,1-2H3/t19-/m0/s1. The van der Waals surface area contributed by atoms with Gasteiger partial charge in [-0.15, -0.1) is 0 Å². The molecule has 2 aromatic rings. The number of benzene rings is 2. The lowest BCUT2D eigenvalue weighted by atomic mass is 10.0. The van der Waals surface area contributed by atoms with Gasteiger partial charge in [0, 0.05) is 12.6 Å². The van der Waals surface area contributed by atoms with E-state index in [-0.39, 0.29) is 17.9 Å². The minimum Gasteiger partial charge on any atom is -0.464 e. The molecule has 0 spiro atoms. The average molecular weight is 371 g/mol. The summed E-state index contributed by atoms with van der Waals surface area (Å²) >= 11 is 0. The summed E-state index contributed by atoms with van der Waals surface area (Å²) in [6, 6.07) is 15.2. The smallest absolute Gasteiger partial charge is 0.330 e. The van der Waals surface area contributed by atoms with Crippen LogP contribution in [-0.2, 0) is 19.6 Å². The Bertz CT molecular complexity index is 918. The summed E-state index contributed by atoms with van der Waals surface area (Å²) in [6.07, 6.45) is 1.83. The van der Waals surface area contributed by atoms with E-state index < -0.39 is 22.0 Å². The van der Waals surface area contributed by atoms with Crippen LogP contribution in [0.3, 0.4) is 0 Å². The fourth-order valence-corrected chi connectivity index (χ4v) is 4.42. The molecule has 0 N–H and O–H groups in total. The van der Waals surface area contributed by atoms with Crippen molar-refractivity contribution in [3.8, 4) is 0 Å². The molecule has 0 aromatic heterocycles. The minimum absolute atomic E-state index is 0.156. The van der Waals surface area contributed by atoms with Crippen molar-refractivity contribution in [3.63, 3.8) is 0 Å². The second-order valence-corrected chi connectivity index (χ2v) is 7.98. The number of ether oxygens (including phenoxy) is 1. The predicted molar refractivity (Wildman–Crippen MR) is 99.7 cm³/mol. The second-order valence-electron chi connectivity index (χ2n) is 6.14. The maximum atomic E-state index is 13.1. The zero-order valence-corrected chi connectivity index (χ0v) is 15.6. The third-order valence-electron chi connectivity index (χ3n) is 4.30. The minimum atomic E-state index is -3.85. The van der Waals surface area contributed by atoms with E-state index in [4.69, 9.17) is 4.74 Å². The normalized spacial score (nSPS) is 17.1. The summed E-state index contributed by atoms with van der Waals surface area (Å²) in [5.41, 5.74) is 2.65. The fraction of sp³-hybridized carbons (Fsp3) is 0.250. The highest BCUT2D eigenvalue weighted by Crippen LogP contribution is 2.34.